The molecule has 1 fully saturated rings. The minimum atomic E-state index is -5.08. The van der Waals surface area contributed by atoms with E-state index in [0.29, 0.717) is 11.7 Å². The van der Waals surface area contributed by atoms with Crippen LogP contribution in [0.1, 0.15) is 29.6 Å². The predicted molar refractivity (Wildman–Crippen MR) is 135 cm³/mol. The van der Waals surface area contributed by atoms with Crippen molar-refractivity contribution in [2.45, 2.75) is 31.5 Å². The number of ether oxygens (including phenoxy) is 2. The smallest absolute Gasteiger partial charge is 0.490 e. The van der Waals surface area contributed by atoms with Gasteiger partial charge in [0.2, 0.25) is 0 Å². The number of fused-ring (bicyclic) bond motifs is 1. The first-order chi connectivity index (χ1) is 18.2. The normalized spacial score (nSPS) is 16.1. The van der Waals surface area contributed by atoms with Gasteiger partial charge in [-0.05, 0) is 37.6 Å². The number of hydrogen-bond donors (Lipinski definition) is 1. The molecule has 13 heteroatoms. The summed E-state index contributed by atoms with van der Waals surface area (Å²) in [5.74, 6) is -0.0776. The Balaban J connectivity index is 0.000000426. The molecule has 1 unspecified atom stereocenters. The Bertz CT molecular complexity index is 1380. The van der Waals surface area contributed by atoms with Crippen LogP contribution in [-0.2, 0) is 11.3 Å². The lowest BCUT2D eigenvalue weighted by atomic mass is 9.97. The molecule has 1 N–H and O–H groups in total. The second kappa shape index (κ2) is 11.8. The van der Waals surface area contributed by atoms with E-state index in [2.05, 4.69) is 16.0 Å². The molecule has 9 nitrogen and oxygen atoms in total. The number of carboxylic acids is 1. The van der Waals surface area contributed by atoms with Crippen molar-refractivity contribution < 1.29 is 32.5 Å². The van der Waals surface area contributed by atoms with Crippen LogP contribution in [0.5, 0.6) is 11.5 Å². The average molecular weight is 550 g/mol. The van der Waals surface area contributed by atoms with Crippen molar-refractivity contribution in [1.82, 2.24) is 24.5 Å². The molecule has 0 radical (unpaired) electrons. The molecule has 0 amide bonds. The zero-order valence-electron chi connectivity index (χ0n) is 20.7. The molecule has 3 aromatic heterocycles. The number of para-hydroxylation sites is 1. The minimum Gasteiger partial charge on any atom is -0.493 e. The number of benzene rings is 1. The highest BCUT2D eigenvalue weighted by Gasteiger charge is 2.38. The Morgan fingerprint density at radius 3 is 2.66 bits per heavy atom. The summed E-state index contributed by atoms with van der Waals surface area (Å²) < 4.78 is 44.7. The third kappa shape index (κ3) is 6.40. The van der Waals surface area contributed by atoms with Crippen molar-refractivity contribution in [2.75, 3.05) is 27.3 Å². The standard InChI is InChI=1S/C23H25N5O2S.C2HF3O2/c1-29-19-7-3-6-18(22(19)30-2)16-8-9-20-25-23(26-28(20)14-16)17-5-4-11-27(13-17)15-21-24-10-12-31-21;3-2(4,5)1(6)7/h3,6-10,12,14,17H,4-5,11,13,15H2,1-2H3;(H,6,7). The average Bonchev–Trinajstić information content (AvgIpc) is 3.57. The number of hydrogen-bond acceptors (Lipinski definition) is 8. The lowest BCUT2D eigenvalue weighted by Gasteiger charge is -2.30. The van der Waals surface area contributed by atoms with Crippen molar-refractivity contribution in [3.63, 3.8) is 0 Å². The van der Waals surface area contributed by atoms with Gasteiger partial charge < -0.3 is 14.6 Å². The quantitative estimate of drug-likeness (QED) is 0.363. The first-order valence-corrected chi connectivity index (χ1v) is 12.6. The van der Waals surface area contributed by atoms with Gasteiger partial charge in [0, 0.05) is 41.4 Å². The monoisotopic (exact) mass is 549 g/mol. The molecule has 38 heavy (non-hydrogen) atoms. The molecular formula is C25H26F3N5O4S. The van der Waals surface area contributed by atoms with Gasteiger partial charge >= 0.3 is 12.1 Å². The summed E-state index contributed by atoms with van der Waals surface area (Å²) in [6.45, 7) is 2.97. The first kappa shape index (κ1) is 27.3. The summed E-state index contributed by atoms with van der Waals surface area (Å²) >= 11 is 1.72. The molecule has 1 saturated heterocycles. The summed E-state index contributed by atoms with van der Waals surface area (Å²) in [6, 6.07) is 9.96. The summed E-state index contributed by atoms with van der Waals surface area (Å²) in [6.07, 6.45) is 1.07. The number of likely N-dealkylation sites (tertiary alicyclic amines) is 1. The number of rotatable bonds is 6. The van der Waals surface area contributed by atoms with E-state index >= 15 is 0 Å². The Labute approximate surface area is 220 Å². The van der Waals surface area contributed by atoms with Crippen LogP contribution >= 0.6 is 11.3 Å². The number of carboxylic acid groups (broad SMARTS) is 1. The van der Waals surface area contributed by atoms with Gasteiger partial charge in [0.05, 0.1) is 20.8 Å². The molecule has 0 spiro atoms. The molecule has 1 atom stereocenters. The van der Waals surface area contributed by atoms with Crippen LogP contribution in [0.25, 0.3) is 16.8 Å². The Kier molecular flexibility index (Phi) is 8.47. The highest BCUT2D eigenvalue weighted by atomic mass is 32.1. The molecule has 0 aliphatic carbocycles. The van der Waals surface area contributed by atoms with E-state index in [1.165, 1.54) is 5.01 Å². The van der Waals surface area contributed by atoms with Crippen molar-refractivity contribution in [1.29, 1.82) is 0 Å². The van der Waals surface area contributed by atoms with E-state index in [0.717, 1.165) is 60.8 Å². The van der Waals surface area contributed by atoms with Crippen LogP contribution in [0.3, 0.4) is 0 Å². The second-order valence-corrected chi connectivity index (χ2v) is 9.51. The maximum atomic E-state index is 10.6. The number of piperidine rings is 1. The number of carbonyl (C=O) groups is 1. The van der Waals surface area contributed by atoms with Crippen molar-refractivity contribution in [2.24, 2.45) is 0 Å². The topological polar surface area (TPSA) is 102 Å². The van der Waals surface area contributed by atoms with Crippen LogP contribution < -0.4 is 9.47 Å². The number of pyridine rings is 1. The Morgan fingerprint density at radius 2 is 2.00 bits per heavy atom. The summed E-state index contributed by atoms with van der Waals surface area (Å²) in [7, 11) is 3.31. The van der Waals surface area contributed by atoms with E-state index in [9.17, 15) is 13.2 Å². The number of alkyl halides is 3. The Hall–Kier alpha value is -3.71. The molecular weight excluding hydrogens is 523 g/mol. The number of methoxy groups -OCH3 is 2. The fourth-order valence-corrected chi connectivity index (χ4v) is 4.94. The fourth-order valence-electron chi connectivity index (χ4n) is 4.28. The zero-order chi connectivity index (χ0) is 27.3. The van der Waals surface area contributed by atoms with Gasteiger partial charge in [0.1, 0.15) is 5.01 Å². The largest absolute Gasteiger partial charge is 0.493 e. The molecule has 0 bridgehead atoms. The third-order valence-corrected chi connectivity index (χ3v) is 6.78. The van der Waals surface area contributed by atoms with Crippen molar-refractivity contribution in [3.05, 3.63) is 58.9 Å². The molecule has 4 heterocycles. The lowest BCUT2D eigenvalue weighted by Crippen LogP contribution is -2.34. The molecule has 1 aromatic carbocycles. The number of halogens is 3. The minimum absolute atomic E-state index is 0.336. The predicted octanol–water partition coefficient (Wildman–Crippen LogP) is 4.88. The van der Waals surface area contributed by atoms with Crippen LogP contribution in [0, 0.1) is 0 Å². The SMILES string of the molecule is COc1cccc(-c2ccc3nc(C4CCCN(Cc5nccs5)C4)nn3c2)c1OC.O=C(O)C(F)(F)F. The summed E-state index contributed by atoms with van der Waals surface area (Å²) in [5, 5.41) is 15.2. The van der Waals surface area contributed by atoms with Crippen LogP contribution in [0.15, 0.2) is 48.1 Å². The first-order valence-electron chi connectivity index (χ1n) is 11.7. The van der Waals surface area contributed by atoms with Crippen molar-refractivity contribution >= 4 is 23.0 Å². The number of aromatic nitrogens is 4. The molecule has 0 saturated carbocycles. The van der Waals surface area contributed by atoms with Crippen LogP contribution in [0.2, 0.25) is 0 Å². The van der Waals surface area contributed by atoms with Crippen molar-refractivity contribution in [3.8, 4) is 22.6 Å². The fraction of sp³-hybridized carbons (Fsp3) is 0.360. The lowest BCUT2D eigenvalue weighted by molar-refractivity contribution is -0.192. The van der Waals surface area contributed by atoms with Gasteiger partial charge in [0.25, 0.3) is 0 Å². The van der Waals surface area contributed by atoms with Gasteiger partial charge in [-0.1, -0.05) is 12.1 Å². The molecule has 4 aromatic rings. The number of aliphatic carboxylic acids is 1. The summed E-state index contributed by atoms with van der Waals surface area (Å²) in [5.41, 5.74) is 2.83. The van der Waals surface area contributed by atoms with E-state index in [1.807, 2.05) is 46.6 Å². The van der Waals surface area contributed by atoms with Gasteiger partial charge in [0.15, 0.2) is 23.0 Å². The molecule has 1 aliphatic heterocycles. The van der Waals surface area contributed by atoms with Gasteiger partial charge in [-0.3, -0.25) is 4.90 Å². The second-order valence-electron chi connectivity index (χ2n) is 8.53. The summed E-state index contributed by atoms with van der Waals surface area (Å²) in [4.78, 5) is 20.6. The zero-order valence-corrected chi connectivity index (χ0v) is 21.5. The van der Waals surface area contributed by atoms with E-state index < -0.39 is 12.1 Å². The van der Waals surface area contributed by atoms with Crippen LogP contribution in [-0.4, -0.2) is 69.0 Å². The number of nitrogens with zero attached hydrogens (tertiary/aromatic N) is 5. The maximum Gasteiger partial charge on any atom is 0.490 e. The number of thiazole rings is 1. The van der Waals surface area contributed by atoms with Crippen LogP contribution in [0.4, 0.5) is 13.2 Å². The van der Waals surface area contributed by atoms with Gasteiger partial charge in [-0.2, -0.15) is 18.3 Å². The third-order valence-electron chi connectivity index (χ3n) is 6.02. The van der Waals surface area contributed by atoms with Gasteiger partial charge in [-0.15, -0.1) is 11.3 Å². The van der Waals surface area contributed by atoms with E-state index in [1.54, 1.807) is 25.6 Å². The van der Waals surface area contributed by atoms with E-state index in [-0.39, 0.29) is 0 Å². The molecule has 5 rings (SSSR count). The molecule has 202 valence electrons. The highest BCUT2D eigenvalue weighted by molar-refractivity contribution is 7.09. The Morgan fingerprint density at radius 1 is 1.21 bits per heavy atom. The molecule has 1 aliphatic rings. The van der Waals surface area contributed by atoms with E-state index in [4.69, 9.17) is 29.5 Å². The maximum absolute atomic E-state index is 10.6. The van der Waals surface area contributed by atoms with Gasteiger partial charge in [-0.25, -0.2) is 19.3 Å². The highest BCUT2D eigenvalue weighted by Crippen LogP contribution is 2.38.